The second-order valence-electron chi connectivity index (χ2n) is 7.57. The average molecular weight is 493 g/mol. The quantitative estimate of drug-likeness (QED) is 0.253. The van der Waals surface area contributed by atoms with Gasteiger partial charge in [0, 0.05) is 42.1 Å². The summed E-state index contributed by atoms with van der Waals surface area (Å²) >= 11 is 5.86. The van der Waals surface area contributed by atoms with Crippen LogP contribution in [0.4, 0.5) is 5.69 Å². The number of hydrogen-bond acceptors (Lipinski definition) is 6. The molecule has 10 heteroatoms. The molecule has 0 atom stereocenters. The molecule has 0 aliphatic carbocycles. The van der Waals surface area contributed by atoms with E-state index in [4.69, 9.17) is 21.1 Å². The molecule has 1 N–H and O–H groups in total. The Morgan fingerprint density at radius 1 is 1.09 bits per heavy atom. The summed E-state index contributed by atoms with van der Waals surface area (Å²) in [7, 11) is 1.42. The topological polar surface area (TPSA) is 109 Å². The molecule has 0 saturated carbocycles. The summed E-state index contributed by atoms with van der Waals surface area (Å²) in [4.78, 5) is 27.5. The molecule has 0 radical (unpaired) electrons. The van der Waals surface area contributed by atoms with E-state index in [1.807, 2.05) is 35.0 Å². The Morgan fingerprint density at radius 2 is 1.89 bits per heavy atom. The molecule has 1 amide bonds. The number of carbonyl (C=O) groups excluding carboxylic acids is 1. The monoisotopic (exact) mass is 492 g/mol. The molecule has 4 rings (SSSR count). The van der Waals surface area contributed by atoms with Crippen LogP contribution in [0.3, 0.4) is 0 Å². The van der Waals surface area contributed by atoms with Gasteiger partial charge in [-0.15, -0.1) is 0 Å². The first-order chi connectivity index (χ1) is 16.9. The number of rotatable bonds is 9. The number of methoxy groups -OCH3 is 1. The molecule has 1 heterocycles. The molecule has 0 spiro atoms. The van der Waals surface area contributed by atoms with Crippen molar-refractivity contribution in [2.45, 2.75) is 13.1 Å². The van der Waals surface area contributed by atoms with Crippen LogP contribution in [0.2, 0.25) is 5.02 Å². The summed E-state index contributed by atoms with van der Waals surface area (Å²) in [5.41, 5.74) is 2.12. The zero-order valence-corrected chi connectivity index (χ0v) is 19.4. The predicted molar refractivity (Wildman–Crippen MR) is 130 cm³/mol. The number of hydrogen-bond donors (Lipinski definition) is 1. The third kappa shape index (κ3) is 5.96. The van der Waals surface area contributed by atoms with Gasteiger partial charge in [0.1, 0.15) is 0 Å². The van der Waals surface area contributed by atoms with Crippen molar-refractivity contribution >= 4 is 23.2 Å². The third-order valence-electron chi connectivity index (χ3n) is 5.13. The molecule has 9 nitrogen and oxygen atoms in total. The molecule has 0 unspecified atom stereocenters. The number of aromatic nitrogens is 2. The van der Waals surface area contributed by atoms with Crippen LogP contribution >= 0.6 is 11.6 Å². The number of benzene rings is 3. The second-order valence-corrected chi connectivity index (χ2v) is 8.01. The minimum atomic E-state index is -0.583. The van der Waals surface area contributed by atoms with Crippen molar-refractivity contribution in [1.82, 2.24) is 14.9 Å². The van der Waals surface area contributed by atoms with E-state index in [1.54, 1.807) is 18.6 Å². The van der Waals surface area contributed by atoms with E-state index in [9.17, 15) is 14.9 Å². The van der Waals surface area contributed by atoms with Gasteiger partial charge in [0.25, 0.3) is 5.91 Å². The highest BCUT2D eigenvalue weighted by Crippen LogP contribution is 2.37. The molecule has 0 aliphatic rings. The van der Waals surface area contributed by atoms with Crippen LogP contribution in [-0.4, -0.2) is 27.5 Å². The Bertz CT molecular complexity index is 1360. The van der Waals surface area contributed by atoms with E-state index in [1.165, 1.54) is 37.4 Å². The molecule has 0 aliphatic heterocycles. The maximum absolute atomic E-state index is 12.8. The van der Waals surface area contributed by atoms with E-state index in [0.717, 1.165) is 11.1 Å². The Labute approximate surface area is 206 Å². The summed E-state index contributed by atoms with van der Waals surface area (Å²) in [5.74, 6) is 0.184. The van der Waals surface area contributed by atoms with Crippen LogP contribution < -0.4 is 14.8 Å². The first-order valence-corrected chi connectivity index (χ1v) is 10.9. The highest BCUT2D eigenvalue weighted by atomic mass is 35.5. The zero-order chi connectivity index (χ0) is 24.8. The van der Waals surface area contributed by atoms with Gasteiger partial charge in [-0.1, -0.05) is 35.9 Å². The number of nitro benzene ring substituents is 1. The van der Waals surface area contributed by atoms with Gasteiger partial charge in [-0.05, 0) is 41.5 Å². The minimum Gasteiger partial charge on any atom is -0.493 e. The molecule has 35 heavy (non-hydrogen) atoms. The first kappa shape index (κ1) is 23.8. The lowest BCUT2D eigenvalue weighted by Crippen LogP contribution is -2.22. The lowest BCUT2D eigenvalue weighted by Gasteiger charge is -2.13. The number of amides is 1. The molecule has 0 fully saturated rings. The smallest absolute Gasteiger partial charge is 0.313 e. The fraction of sp³-hybridized carbons (Fsp3) is 0.120. The largest absolute Gasteiger partial charge is 0.493 e. The number of halogens is 1. The number of imidazole rings is 1. The van der Waals surface area contributed by atoms with Crippen LogP contribution in [0.1, 0.15) is 21.5 Å². The molecular formula is C25H21ClN4O5. The first-order valence-electron chi connectivity index (χ1n) is 10.5. The van der Waals surface area contributed by atoms with Crippen LogP contribution in [0.25, 0.3) is 0 Å². The Balaban J connectivity index is 1.45. The normalized spacial score (nSPS) is 10.6. The molecule has 3 aromatic carbocycles. The van der Waals surface area contributed by atoms with Crippen LogP contribution in [0.5, 0.6) is 17.2 Å². The van der Waals surface area contributed by atoms with Crippen molar-refractivity contribution in [2.75, 3.05) is 7.11 Å². The molecule has 4 aromatic rings. The molecule has 1 aromatic heterocycles. The van der Waals surface area contributed by atoms with Crippen molar-refractivity contribution in [1.29, 1.82) is 0 Å². The van der Waals surface area contributed by atoms with E-state index in [0.29, 0.717) is 18.7 Å². The second kappa shape index (κ2) is 10.7. The van der Waals surface area contributed by atoms with Crippen molar-refractivity contribution in [3.8, 4) is 17.2 Å². The Kier molecular flexibility index (Phi) is 7.27. The maximum atomic E-state index is 12.8. The van der Waals surface area contributed by atoms with Crippen molar-refractivity contribution in [2.24, 2.45) is 0 Å². The van der Waals surface area contributed by atoms with Crippen LogP contribution in [0.15, 0.2) is 79.4 Å². The van der Waals surface area contributed by atoms with Crippen molar-refractivity contribution < 1.29 is 19.2 Å². The van der Waals surface area contributed by atoms with Gasteiger partial charge in [0.15, 0.2) is 11.5 Å². The van der Waals surface area contributed by atoms with Crippen molar-refractivity contribution in [3.05, 3.63) is 111 Å². The highest BCUT2D eigenvalue weighted by molar-refractivity contribution is 6.30. The SMILES string of the molecule is COc1cc(C(=O)NCc2cccc(Cn3ccnc3)c2)ccc1Oc1ccc(Cl)cc1[N+](=O)[O-]. The molecular weight excluding hydrogens is 472 g/mol. The fourth-order valence-corrected chi connectivity index (χ4v) is 3.61. The average Bonchev–Trinajstić information content (AvgIpc) is 3.37. The predicted octanol–water partition coefficient (Wildman–Crippen LogP) is 5.22. The number of nitro groups is 1. The van der Waals surface area contributed by atoms with E-state index < -0.39 is 4.92 Å². The number of carbonyl (C=O) groups is 1. The summed E-state index contributed by atoms with van der Waals surface area (Å²) in [6.07, 6.45) is 5.37. The van der Waals surface area contributed by atoms with Gasteiger partial charge in [-0.25, -0.2) is 4.98 Å². The van der Waals surface area contributed by atoms with E-state index in [2.05, 4.69) is 10.3 Å². The summed E-state index contributed by atoms with van der Waals surface area (Å²) in [6, 6.07) is 16.6. The summed E-state index contributed by atoms with van der Waals surface area (Å²) in [6.45, 7) is 1.03. The molecule has 178 valence electrons. The molecule has 0 bridgehead atoms. The lowest BCUT2D eigenvalue weighted by atomic mass is 10.1. The van der Waals surface area contributed by atoms with E-state index in [-0.39, 0.29) is 33.9 Å². The number of nitrogens with one attached hydrogen (secondary N) is 1. The van der Waals surface area contributed by atoms with Gasteiger partial charge in [0.05, 0.1) is 18.4 Å². The number of ether oxygens (including phenoxy) is 2. The molecule has 0 saturated heterocycles. The third-order valence-corrected chi connectivity index (χ3v) is 5.37. The standard InChI is InChI=1S/C25H21ClN4O5/c1-34-24-12-19(5-7-23(24)35-22-8-6-20(26)13-21(22)30(32)33)25(31)28-14-17-3-2-4-18(11-17)15-29-10-9-27-16-29/h2-13,16H,14-15H2,1H3,(H,28,31). The lowest BCUT2D eigenvalue weighted by molar-refractivity contribution is -0.385. The van der Waals surface area contributed by atoms with Gasteiger partial charge < -0.3 is 19.4 Å². The van der Waals surface area contributed by atoms with Gasteiger partial charge >= 0.3 is 5.69 Å². The van der Waals surface area contributed by atoms with Crippen molar-refractivity contribution in [3.63, 3.8) is 0 Å². The number of nitrogens with zero attached hydrogens (tertiary/aromatic N) is 3. The van der Waals surface area contributed by atoms with Crippen LogP contribution in [0, 0.1) is 10.1 Å². The summed E-state index contributed by atoms with van der Waals surface area (Å²) in [5, 5.41) is 14.4. The van der Waals surface area contributed by atoms with E-state index >= 15 is 0 Å². The Hall–Kier alpha value is -4.37. The highest BCUT2D eigenvalue weighted by Gasteiger charge is 2.19. The zero-order valence-electron chi connectivity index (χ0n) is 18.7. The minimum absolute atomic E-state index is 0.00507. The maximum Gasteiger partial charge on any atom is 0.313 e. The van der Waals surface area contributed by atoms with Gasteiger partial charge in [-0.2, -0.15) is 0 Å². The Morgan fingerprint density at radius 3 is 2.63 bits per heavy atom. The van der Waals surface area contributed by atoms with Gasteiger partial charge in [-0.3, -0.25) is 14.9 Å². The van der Waals surface area contributed by atoms with Gasteiger partial charge in [0.2, 0.25) is 5.75 Å². The fourth-order valence-electron chi connectivity index (χ4n) is 3.44. The van der Waals surface area contributed by atoms with Crippen LogP contribution in [-0.2, 0) is 13.1 Å². The summed E-state index contributed by atoms with van der Waals surface area (Å²) < 4.78 is 13.0.